The SMILES string of the molecule is Cc1ccccc1-c1nn(-c2ccccc2)cc1C(=O)N1CCC(NC(=O)CCc2ccccc2)CC1. The molecule has 2 heterocycles. The Morgan fingerprint density at radius 1 is 0.892 bits per heavy atom. The maximum absolute atomic E-state index is 13.7. The fourth-order valence-electron chi connectivity index (χ4n) is 4.88. The third-order valence-electron chi connectivity index (χ3n) is 7.00. The van der Waals surface area contributed by atoms with Crippen molar-refractivity contribution in [2.75, 3.05) is 13.1 Å². The fraction of sp³-hybridized carbons (Fsp3) is 0.258. The minimum atomic E-state index is -0.0192. The molecule has 1 saturated heterocycles. The van der Waals surface area contributed by atoms with Crippen LogP contribution in [0.25, 0.3) is 16.9 Å². The minimum absolute atomic E-state index is 0.0192. The number of amides is 2. The molecule has 0 atom stereocenters. The molecule has 1 aliphatic heterocycles. The number of aromatic nitrogens is 2. The van der Waals surface area contributed by atoms with Gasteiger partial charge in [-0.25, -0.2) is 4.68 Å². The molecule has 6 heteroatoms. The Bertz CT molecular complexity index is 1360. The Labute approximate surface area is 217 Å². The number of nitrogens with one attached hydrogen (secondary N) is 1. The standard InChI is InChI=1S/C31H32N4O2/c1-23-10-8-9-15-27(23)30-28(22-35(33-30)26-13-6-3-7-14-26)31(37)34-20-18-25(19-21-34)32-29(36)17-16-24-11-4-2-5-12-24/h2-15,22,25H,16-21H2,1H3,(H,32,36). The number of carbonyl (C=O) groups is 2. The number of hydrogen-bond donors (Lipinski definition) is 1. The van der Waals surface area contributed by atoms with Gasteiger partial charge in [0.05, 0.1) is 11.3 Å². The van der Waals surface area contributed by atoms with E-state index in [-0.39, 0.29) is 17.9 Å². The first kappa shape index (κ1) is 24.5. The number of para-hydroxylation sites is 1. The minimum Gasteiger partial charge on any atom is -0.353 e. The van der Waals surface area contributed by atoms with Crippen molar-refractivity contribution in [1.29, 1.82) is 0 Å². The molecular formula is C31H32N4O2. The molecule has 37 heavy (non-hydrogen) atoms. The van der Waals surface area contributed by atoms with Crippen LogP contribution in [0.15, 0.2) is 91.1 Å². The largest absolute Gasteiger partial charge is 0.353 e. The van der Waals surface area contributed by atoms with Gasteiger partial charge < -0.3 is 10.2 Å². The summed E-state index contributed by atoms with van der Waals surface area (Å²) < 4.78 is 1.79. The van der Waals surface area contributed by atoms with Crippen molar-refractivity contribution < 1.29 is 9.59 Å². The van der Waals surface area contributed by atoms with E-state index in [4.69, 9.17) is 5.10 Å². The molecule has 2 amide bonds. The van der Waals surface area contributed by atoms with E-state index < -0.39 is 0 Å². The van der Waals surface area contributed by atoms with Crippen LogP contribution >= 0.6 is 0 Å². The van der Waals surface area contributed by atoms with E-state index in [2.05, 4.69) is 5.32 Å². The van der Waals surface area contributed by atoms with Crippen molar-refractivity contribution in [2.24, 2.45) is 0 Å². The second-order valence-electron chi connectivity index (χ2n) is 9.61. The summed E-state index contributed by atoms with van der Waals surface area (Å²) in [5.74, 6) is 0.0499. The predicted octanol–water partition coefficient (Wildman–Crippen LogP) is 5.20. The number of rotatable bonds is 7. The zero-order valence-electron chi connectivity index (χ0n) is 21.1. The summed E-state index contributed by atoms with van der Waals surface area (Å²) in [5.41, 5.74) is 5.41. The molecule has 1 aliphatic rings. The summed E-state index contributed by atoms with van der Waals surface area (Å²) in [6.45, 7) is 3.25. The van der Waals surface area contributed by atoms with Gasteiger partial charge in [-0.3, -0.25) is 9.59 Å². The Morgan fingerprint density at radius 3 is 2.24 bits per heavy atom. The highest BCUT2D eigenvalue weighted by Crippen LogP contribution is 2.28. The topological polar surface area (TPSA) is 67.2 Å². The molecule has 0 spiro atoms. The highest BCUT2D eigenvalue weighted by atomic mass is 16.2. The number of piperidine rings is 1. The number of likely N-dealkylation sites (tertiary alicyclic amines) is 1. The molecule has 5 rings (SSSR count). The van der Waals surface area contributed by atoms with Crippen LogP contribution in [-0.2, 0) is 11.2 Å². The smallest absolute Gasteiger partial charge is 0.257 e. The molecule has 1 aromatic heterocycles. The van der Waals surface area contributed by atoms with Gasteiger partial charge in [0.1, 0.15) is 5.69 Å². The highest BCUT2D eigenvalue weighted by Gasteiger charge is 2.28. The van der Waals surface area contributed by atoms with Crippen molar-refractivity contribution in [3.63, 3.8) is 0 Å². The van der Waals surface area contributed by atoms with Crippen LogP contribution in [0.4, 0.5) is 0 Å². The zero-order valence-corrected chi connectivity index (χ0v) is 21.1. The summed E-state index contributed by atoms with van der Waals surface area (Å²) in [4.78, 5) is 28.1. The molecule has 1 fully saturated rings. The molecule has 0 saturated carbocycles. The molecule has 0 unspecified atom stereocenters. The zero-order chi connectivity index (χ0) is 25.6. The van der Waals surface area contributed by atoms with Crippen molar-refractivity contribution in [3.05, 3.63) is 108 Å². The monoisotopic (exact) mass is 492 g/mol. The first-order valence-corrected chi connectivity index (χ1v) is 12.9. The molecule has 0 radical (unpaired) electrons. The summed E-state index contributed by atoms with van der Waals surface area (Å²) in [6, 6.07) is 28.0. The second-order valence-corrected chi connectivity index (χ2v) is 9.61. The van der Waals surface area contributed by atoms with E-state index in [0.717, 1.165) is 36.1 Å². The normalized spacial score (nSPS) is 13.9. The maximum atomic E-state index is 13.7. The van der Waals surface area contributed by atoms with Gasteiger partial charge in [-0.2, -0.15) is 5.10 Å². The van der Waals surface area contributed by atoms with Crippen molar-refractivity contribution in [3.8, 4) is 16.9 Å². The van der Waals surface area contributed by atoms with E-state index >= 15 is 0 Å². The number of carbonyl (C=O) groups excluding carboxylic acids is 2. The molecule has 3 aromatic carbocycles. The number of nitrogens with zero attached hydrogens (tertiary/aromatic N) is 3. The molecule has 188 valence electrons. The molecule has 0 bridgehead atoms. The summed E-state index contributed by atoms with van der Waals surface area (Å²) in [6.07, 6.45) is 4.54. The second kappa shape index (κ2) is 11.2. The third kappa shape index (κ3) is 5.80. The Kier molecular flexibility index (Phi) is 7.45. The van der Waals surface area contributed by atoms with Gasteiger partial charge in [0, 0.05) is 37.3 Å². The lowest BCUT2D eigenvalue weighted by Gasteiger charge is -2.32. The highest BCUT2D eigenvalue weighted by molar-refractivity contribution is 6.00. The lowest BCUT2D eigenvalue weighted by atomic mass is 10.0. The van der Waals surface area contributed by atoms with Crippen LogP contribution in [0.1, 0.15) is 40.7 Å². The Balaban J connectivity index is 1.26. The first-order chi connectivity index (χ1) is 18.1. The molecule has 0 aliphatic carbocycles. The number of hydrogen-bond acceptors (Lipinski definition) is 3. The first-order valence-electron chi connectivity index (χ1n) is 12.9. The van der Waals surface area contributed by atoms with Gasteiger partial charge in [0.2, 0.25) is 5.91 Å². The predicted molar refractivity (Wildman–Crippen MR) is 146 cm³/mol. The molecule has 4 aromatic rings. The number of benzene rings is 3. The van der Waals surface area contributed by atoms with Crippen LogP contribution in [0.2, 0.25) is 0 Å². The van der Waals surface area contributed by atoms with Gasteiger partial charge in [-0.15, -0.1) is 0 Å². The quantitative estimate of drug-likeness (QED) is 0.386. The number of aryl methyl sites for hydroxylation is 2. The van der Waals surface area contributed by atoms with E-state index in [0.29, 0.717) is 30.8 Å². The van der Waals surface area contributed by atoms with E-state index in [1.807, 2.05) is 103 Å². The lowest BCUT2D eigenvalue weighted by molar-refractivity contribution is -0.122. The van der Waals surface area contributed by atoms with Gasteiger partial charge in [-0.1, -0.05) is 72.8 Å². The molecule has 1 N–H and O–H groups in total. The van der Waals surface area contributed by atoms with Crippen LogP contribution in [-0.4, -0.2) is 45.6 Å². The Hall–Kier alpha value is -4.19. The van der Waals surface area contributed by atoms with Crippen molar-refractivity contribution in [1.82, 2.24) is 20.0 Å². The van der Waals surface area contributed by atoms with Crippen LogP contribution < -0.4 is 5.32 Å². The van der Waals surface area contributed by atoms with Gasteiger partial charge in [0.25, 0.3) is 5.91 Å². The summed E-state index contributed by atoms with van der Waals surface area (Å²) in [7, 11) is 0. The fourth-order valence-corrected chi connectivity index (χ4v) is 4.88. The Morgan fingerprint density at radius 2 is 1.54 bits per heavy atom. The maximum Gasteiger partial charge on any atom is 0.257 e. The van der Waals surface area contributed by atoms with Gasteiger partial charge in [-0.05, 0) is 49.4 Å². The van der Waals surface area contributed by atoms with Crippen LogP contribution in [0.5, 0.6) is 0 Å². The van der Waals surface area contributed by atoms with Gasteiger partial charge in [0.15, 0.2) is 0 Å². The molecular weight excluding hydrogens is 460 g/mol. The lowest BCUT2D eigenvalue weighted by Crippen LogP contribution is -2.46. The van der Waals surface area contributed by atoms with Crippen molar-refractivity contribution >= 4 is 11.8 Å². The van der Waals surface area contributed by atoms with E-state index in [1.165, 1.54) is 5.56 Å². The van der Waals surface area contributed by atoms with E-state index in [9.17, 15) is 9.59 Å². The van der Waals surface area contributed by atoms with Crippen molar-refractivity contribution in [2.45, 2.75) is 38.6 Å². The van der Waals surface area contributed by atoms with Crippen LogP contribution in [0.3, 0.4) is 0 Å². The molecule has 6 nitrogen and oxygen atoms in total. The summed E-state index contributed by atoms with van der Waals surface area (Å²) >= 11 is 0. The third-order valence-corrected chi connectivity index (χ3v) is 7.00. The summed E-state index contributed by atoms with van der Waals surface area (Å²) in [5, 5.41) is 8.00. The average molecular weight is 493 g/mol. The van der Waals surface area contributed by atoms with Crippen LogP contribution in [0, 0.1) is 6.92 Å². The van der Waals surface area contributed by atoms with E-state index in [1.54, 1.807) is 4.68 Å². The van der Waals surface area contributed by atoms with Gasteiger partial charge >= 0.3 is 0 Å². The average Bonchev–Trinajstić information content (AvgIpc) is 3.39.